The summed E-state index contributed by atoms with van der Waals surface area (Å²) >= 11 is 0. The Morgan fingerprint density at radius 2 is 1.45 bits per heavy atom. The van der Waals surface area contributed by atoms with Gasteiger partial charge in [-0.3, -0.25) is 24.0 Å². The number of hydrogen-bond acceptors (Lipinski definition) is 10. The SMILES string of the molecule is O=C(CCCN1COCC=CC1=O)NCC(=O)NCC(=O)NCC(=O)NCCC(=O)On1c(O)ccc1O. The van der Waals surface area contributed by atoms with Gasteiger partial charge in [0.25, 0.3) is 0 Å². The van der Waals surface area contributed by atoms with E-state index in [0.717, 1.165) is 12.1 Å². The highest BCUT2D eigenvalue weighted by atomic mass is 16.7. The number of carbonyl (C=O) groups is 6. The lowest BCUT2D eigenvalue weighted by Gasteiger charge is -2.18. The van der Waals surface area contributed by atoms with E-state index in [1.807, 2.05) is 0 Å². The van der Waals surface area contributed by atoms with Crippen molar-refractivity contribution >= 4 is 35.5 Å². The van der Waals surface area contributed by atoms with Crippen LogP contribution in [0.25, 0.3) is 0 Å². The fourth-order valence-corrected chi connectivity index (χ4v) is 2.91. The number of nitrogens with zero attached hydrogens (tertiary/aromatic N) is 2. The molecular weight excluding hydrogens is 508 g/mol. The zero-order chi connectivity index (χ0) is 27.9. The van der Waals surface area contributed by atoms with Crippen LogP contribution in [0.5, 0.6) is 11.8 Å². The van der Waals surface area contributed by atoms with Gasteiger partial charge in [0.15, 0.2) is 0 Å². The summed E-state index contributed by atoms with van der Waals surface area (Å²) in [6, 6.07) is 2.23. The second-order valence-corrected chi connectivity index (χ2v) is 7.85. The molecule has 1 aromatic heterocycles. The summed E-state index contributed by atoms with van der Waals surface area (Å²) in [6.07, 6.45) is 3.21. The highest BCUT2D eigenvalue weighted by molar-refractivity contribution is 5.90. The third kappa shape index (κ3) is 11.0. The quantitative estimate of drug-likeness (QED) is 0.140. The van der Waals surface area contributed by atoms with Gasteiger partial charge in [-0.15, -0.1) is 4.73 Å². The minimum absolute atomic E-state index is 0.0887. The maximum atomic E-state index is 11.9. The zero-order valence-electron chi connectivity index (χ0n) is 20.4. The van der Waals surface area contributed by atoms with Crippen molar-refractivity contribution in [2.45, 2.75) is 19.3 Å². The van der Waals surface area contributed by atoms with E-state index in [9.17, 15) is 39.0 Å². The van der Waals surface area contributed by atoms with Crippen molar-refractivity contribution < 1.29 is 48.6 Å². The van der Waals surface area contributed by atoms with Crippen LogP contribution in [-0.2, 0) is 33.5 Å². The average molecular weight is 539 g/mol. The van der Waals surface area contributed by atoms with Crippen LogP contribution < -0.4 is 26.1 Å². The van der Waals surface area contributed by atoms with Crippen molar-refractivity contribution in [3.8, 4) is 11.8 Å². The maximum absolute atomic E-state index is 11.9. The summed E-state index contributed by atoms with van der Waals surface area (Å²) in [4.78, 5) is 76.9. The number of rotatable bonds is 14. The minimum Gasteiger partial charge on any atom is -0.492 e. The Kier molecular flexibility index (Phi) is 12.1. The molecule has 0 radical (unpaired) electrons. The van der Waals surface area contributed by atoms with Gasteiger partial charge in [-0.1, -0.05) is 6.08 Å². The second kappa shape index (κ2) is 15.5. The molecule has 38 heavy (non-hydrogen) atoms. The van der Waals surface area contributed by atoms with Gasteiger partial charge < -0.3 is 46.0 Å². The van der Waals surface area contributed by atoms with Gasteiger partial charge in [0.1, 0.15) is 6.73 Å². The second-order valence-electron chi connectivity index (χ2n) is 7.85. The van der Waals surface area contributed by atoms with E-state index in [-0.39, 0.29) is 38.6 Å². The fourth-order valence-electron chi connectivity index (χ4n) is 2.91. The molecule has 1 aliphatic rings. The number of hydrogen-bond donors (Lipinski definition) is 6. The van der Waals surface area contributed by atoms with E-state index in [0.29, 0.717) is 24.3 Å². The van der Waals surface area contributed by atoms with Crippen molar-refractivity contribution in [3.63, 3.8) is 0 Å². The van der Waals surface area contributed by atoms with Gasteiger partial charge in [0, 0.05) is 37.7 Å². The molecule has 6 N–H and O–H groups in total. The summed E-state index contributed by atoms with van der Waals surface area (Å²) in [7, 11) is 0. The highest BCUT2D eigenvalue weighted by Gasteiger charge is 2.15. The molecule has 0 aromatic carbocycles. The first-order chi connectivity index (χ1) is 18.2. The van der Waals surface area contributed by atoms with Crippen molar-refractivity contribution in [1.82, 2.24) is 30.9 Å². The maximum Gasteiger partial charge on any atom is 0.334 e. The molecule has 0 spiro atoms. The molecule has 0 atom stereocenters. The molecule has 0 unspecified atom stereocenters. The summed E-state index contributed by atoms with van der Waals surface area (Å²) in [5.74, 6) is -4.28. The number of carbonyl (C=O) groups excluding carboxylic acids is 6. The van der Waals surface area contributed by atoms with Crippen LogP contribution in [0.4, 0.5) is 0 Å². The smallest absolute Gasteiger partial charge is 0.334 e. The molecule has 2 heterocycles. The highest BCUT2D eigenvalue weighted by Crippen LogP contribution is 2.18. The predicted molar refractivity (Wildman–Crippen MR) is 127 cm³/mol. The number of ether oxygens (including phenoxy) is 1. The predicted octanol–water partition coefficient (Wildman–Crippen LogP) is -3.14. The van der Waals surface area contributed by atoms with E-state index >= 15 is 0 Å². The normalized spacial score (nSPS) is 12.8. The number of amides is 5. The van der Waals surface area contributed by atoms with Crippen molar-refractivity contribution in [2.24, 2.45) is 0 Å². The van der Waals surface area contributed by atoms with Crippen LogP contribution >= 0.6 is 0 Å². The summed E-state index contributed by atoms with van der Waals surface area (Å²) in [6.45, 7) is -0.521. The Labute approximate surface area is 216 Å². The first kappa shape index (κ1) is 29.6. The zero-order valence-corrected chi connectivity index (χ0v) is 20.4. The molecule has 16 heteroatoms. The lowest BCUT2D eigenvalue weighted by Crippen LogP contribution is -2.44. The van der Waals surface area contributed by atoms with Gasteiger partial charge in [0.2, 0.25) is 41.3 Å². The van der Waals surface area contributed by atoms with Crippen molar-refractivity contribution in [2.75, 3.05) is 46.1 Å². The molecule has 0 bridgehead atoms. The number of aromatic hydroxyl groups is 2. The van der Waals surface area contributed by atoms with Crippen LogP contribution in [0.1, 0.15) is 19.3 Å². The van der Waals surface area contributed by atoms with Crippen LogP contribution in [0, 0.1) is 0 Å². The van der Waals surface area contributed by atoms with E-state index in [2.05, 4.69) is 21.3 Å². The van der Waals surface area contributed by atoms with Crippen molar-refractivity contribution in [1.29, 1.82) is 0 Å². The monoisotopic (exact) mass is 538 g/mol. The van der Waals surface area contributed by atoms with Crippen LogP contribution in [-0.4, -0.2) is 101 Å². The summed E-state index contributed by atoms with van der Waals surface area (Å²) in [5, 5.41) is 28.1. The molecule has 0 saturated heterocycles. The van der Waals surface area contributed by atoms with Gasteiger partial charge in [-0.2, -0.15) is 0 Å². The van der Waals surface area contributed by atoms with E-state index in [4.69, 9.17) is 9.57 Å². The van der Waals surface area contributed by atoms with E-state index in [1.54, 1.807) is 6.08 Å². The first-order valence-electron chi connectivity index (χ1n) is 11.6. The molecule has 1 aliphatic heterocycles. The van der Waals surface area contributed by atoms with E-state index < -0.39 is 54.4 Å². The van der Waals surface area contributed by atoms with Gasteiger partial charge in [-0.05, 0) is 6.42 Å². The van der Waals surface area contributed by atoms with Crippen LogP contribution in [0.3, 0.4) is 0 Å². The average Bonchev–Trinajstić information content (AvgIpc) is 3.06. The number of aromatic nitrogens is 1. The first-order valence-corrected chi connectivity index (χ1v) is 11.6. The molecule has 0 saturated carbocycles. The Morgan fingerprint density at radius 3 is 2.08 bits per heavy atom. The number of nitrogens with one attached hydrogen (secondary N) is 4. The molecule has 16 nitrogen and oxygen atoms in total. The third-order valence-electron chi connectivity index (χ3n) is 4.85. The summed E-state index contributed by atoms with van der Waals surface area (Å²) in [5.41, 5.74) is 0. The Hall–Kier alpha value is -4.60. The molecule has 1 aromatic rings. The molecule has 0 fully saturated rings. The van der Waals surface area contributed by atoms with Crippen molar-refractivity contribution in [3.05, 3.63) is 24.3 Å². The molecule has 2 rings (SSSR count). The standard InChI is InChI=1S/C22H30N6O10/c29-15(3-1-9-27-14-37-10-2-4-19(27)33)24-12-17(31)26-13-18(32)25-11-16(30)23-8-7-22(36)38-28-20(34)5-6-21(28)35/h2,4-6,34-35H,1,3,7-14H2,(H,23,30)(H,24,29)(H,25,32)(H,26,31). The molecule has 5 amide bonds. The van der Waals surface area contributed by atoms with Gasteiger partial charge in [0.05, 0.1) is 32.7 Å². The lowest BCUT2D eigenvalue weighted by molar-refractivity contribution is -0.145. The van der Waals surface area contributed by atoms with Crippen LogP contribution in [0.2, 0.25) is 0 Å². The van der Waals surface area contributed by atoms with Crippen LogP contribution in [0.15, 0.2) is 24.3 Å². The fraction of sp³-hybridized carbons (Fsp3) is 0.455. The Balaban J connectivity index is 1.50. The minimum atomic E-state index is -0.842. The van der Waals surface area contributed by atoms with Gasteiger partial charge >= 0.3 is 5.97 Å². The molecule has 0 aliphatic carbocycles. The molecule has 208 valence electrons. The summed E-state index contributed by atoms with van der Waals surface area (Å²) < 4.78 is 5.73. The lowest BCUT2D eigenvalue weighted by atomic mass is 10.2. The topological polar surface area (TPSA) is 218 Å². The Bertz CT molecular complexity index is 1030. The largest absolute Gasteiger partial charge is 0.492 e. The Morgan fingerprint density at radius 1 is 0.868 bits per heavy atom. The third-order valence-corrected chi connectivity index (χ3v) is 4.85. The van der Waals surface area contributed by atoms with Gasteiger partial charge in [-0.25, -0.2) is 4.79 Å². The molecular formula is C22H30N6O10. The van der Waals surface area contributed by atoms with E-state index in [1.165, 1.54) is 11.0 Å².